The maximum atomic E-state index is 13.1. The van der Waals surface area contributed by atoms with E-state index >= 15 is 0 Å². The molecule has 0 aliphatic carbocycles. The first-order valence-corrected chi connectivity index (χ1v) is 10.8. The van der Waals surface area contributed by atoms with E-state index in [-0.39, 0.29) is 5.69 Å². The van der Waals surface area contributed by atoms with Crippen molar-refractivity contribution in [3.05, 3.63) is 110 Å². The van der Waals surface area contributed by atoms with Gasteiger partial charge in [-0.15, -0.1) is 0 Å². The molecule has 0 fully saturated rings. The van der Waals surface area contributed by atoms with Crippen molar-refractivity contribution >= 4 is 52.0 Å². The zero-order valence-electron chi connectivity index (χ0n) is 17.5. The number of hydrazone groups is 1. The fraction of sp³-hybridized carbons (Fsp3) is 0.0417. The molecule has 170 valence electrons. The Balaban J connectivity index is 1.66. The van der Waals surface area contributed by atoms with Crippen molar-refractivity contribution in [2.24, 2.45) is 5.10 Å². The van der Waals surface area contributed by atoms with Crippen LogP contribution in [0.3, 0.4) is 0 Å². The first kappa shape index (κ1) is 23.2. The van der Waals surface area contributed by atoms with E-state index in [0.29, 0.717) is 31.9 Å². The monoisotopic (exact) mass is 493 g/mol. The van der Waals surface area contributed by atoms with Gasteiger partial charge in [0.15, 0.2) is 6.04 Å². The van der Waals surface area contributed by atoms with E-state index in [1.807, 2.05) is 0 Å². The number of nitrogens with zero attached hydrogens (tertiary/aromatic N) is 2. The lowest BCUT2D eigenvalue weighted by molar-refractivity contribution is -0.123. The minimum atomic E-state index is -1.25. The molecular weight excluding hydrogens is 477 g/mol. The topological polar surface area (TPSA) is 116 Å². The van der Waals surface area contributed by atoms with Crippen molar-refractivity contribution in [3.63, 3.8) is 0 Å². The fourth-order valence-corrected chi connectivity index (χ4v) is 3.55. The van der Waals surface area contributed by atoms with Gasteiger partial charge < -0.3 is 5.32 Å². The lowest BCUT2D eigenvalue weighted by Crippen LogP contribution is -2.40. The van der Waals surface area contributed by atoms with Gasteiger partial charge in [-0.1, -0.05) is 65.7 Å². The van der Waals surface area contributed by atoms with Gasteiger partial charge >= 0.3 is 0 Å². The van der Waals surface area contributed by atoms with Crippen molar-refractivity contribution in [1.82, 2.24) is 20.9 Å². The van der Waals surface area contributed by atoms with Gasteiger partial charge in [-0.2, -0.15) is 10.2 Å². The van der Waals surface area contributed by atoms with Crippen molar-refractivity contribution in [2.45, 2.75) is 6.04 Å². The maximum Gasteiger partial charge on any atom is 0.272 e. The van der Waals surface area contributed by atoms with Gasteiger partial charge in [-0.3, -0.25) is 14.4 Å². The summed E-state index contributed by atoms with van der Waals surface area (Å²) in [6, 6.07) is 18.7. The van der Waals surface area contributed by atoms with Gasteiger partial charge in [0.25, 0.3) is 17.4 Å². The van der Waals surface area contributed by atoms with E-state index in [4.69, 9.17) is 23.2 Å². The molecule has 10 heteroatoms. The second-order valence-electron chi connectivity index (χ2n) is 7.16. The quantitative estimate of drug-likeness (QED) is 0.279. The van der Waals surface area contributed by atoms with Crippen LogP contribution in [0.5, 0.6) is 0 Å². The highest BCUT2D eigenvalue weighted by molar-refractivity contribution is 6.42. The van der Waals surface area contributed by atoms with Crippen LogP contribution in [0.1, 0.15) is 27.7 Å². The molecule has 4 rings (SSSR count). The van der Waals surface area contributed by atoms with Gasteiger partial charge in [-0.25, -0.2) is 10.5 Å². The number of benzene rings is 3. The molecule has 4 aromatic rings. The Morgan fingerprint density at radius 1 is 0.941 bits per heavy atom. The van der Waals surface area contributed by atoms with Crippen LogP contribution in [0.2, 0.25) is 10.0 Å². The van der Waals surface area contributed by atoms with Crippen LogP contribution in [-0.2, 0) is 4.79 Å². The summed E-state index contributed by atoms with van der Waals surface area (Å²) in [6.07, 6.45) is 1.38. The number of aromatic nitrogens is 2. The Morgan fingerprint density at radius 2 is 1.65 bits per heavy atom. The first-order chi connectivity index (χ1) is 16.4. The van der Waals surface area contributed by atoms with Crippen LogP contribution < -0.4 is 16.3 Å². The Hall–Kier alpha value is -4.01. The van der Waals surface area contributed by atoms with Crippen LogP contribution in [0.4, 0.5) is 0 Å². The molecule has 3 N–H and O–H groups in total. The highest BCUT2D eigenvalue weighted by atomic mass is 35.5. The summed E-state index contributed by atoms with van der Waals surface area (Å²) in [5.41, 5.74) is 3.12. The highest BCUT2D eigenvalue weighted by Gasteiger charge is 2.27. The summed E-state index contributed by atoms with van der Waals surface area (Å²) in [6.45, 7) is 0. The standard InChI is InChI=1S/C24H17Cl2N5O3/c25-18-11-10-14(12-19(18)26)13-27-30-24(34)21(28-22(32)15-6-2-1-3-7-15)20-16-8-4-5-9-17(16)23(33)31-29-20/h1-13,21H,(H,28,32)(H,30,34)(H,31,33)/b27-13-/t21-/m0/s1. The van der Waals surface area contributed by atoms with Gasteiger partial charge in [0, 0.05) is 10.9 Å². The molecule has 2 amide bonds. The molecule has 0 saturated heterocycles. The Morgan fingerprint density at radius 3 is 2.38 bits per heavy atom. The summed E-state index contributed by atoms with van der Waals surface area (Å²) >= 11 is 11.9. The second kappa shape index (κ2) is 10.3. The van der Waals surface area contributed by atoms with E-state index in [1.54, 1.807) is 72.8 Å². The number of carbonyl (C=O) groups excluding carboxylic acids is 2. The van der Waals surface area contributed by atoms with Crippen LogP contribution >= 0.6 is 23.2 Å². The summed E-state index contributed by atoms with van der Waals surface area (Å²) in [7, 11) is 0. The number of H-pyrrole nitrogens is 1. The lowest BCUT2D eigenvalue weighted by atomic mass is 10.0. The molecule has 1 atom stereocenters. The van der Waals surface area contributed by atoms with Crippen LogP contribution in [0, 0.1) is 0 Å². The Kier molecular flexibility index (Phi) is 7.01. The third-order valence-electron chi connectivity index (χ3n) is 4.90. The van der Waals surface area contributed by atoms with E-state index in [2.05, 4.69) is 26.0 Å². The van der Waals surface area contributed by atoms with E-state index < -0.39 is 23.4 Å². The number of hydrogen-bond acceptors (Lipinski definition) is 5. The molecule has 0 spiro atoms. The number of rotatable bonds is 6. The number of nitrogens with one attached hydrogen (secondary N) is 3. The minimum Gasteiger partial charge on any atom is -0.335 e. The Labute approximate surface area is 203 Å². The molecule has 34 heavy (non-hydrogen) atoms. The summed E-state index contributed by atoms with van der Waals surface area (Å²) in [5, 5.41) is 14.6. The number of carbonyl (C=O) groups is 2. The SMILES string of the molecule is O=C(N[C@H](C(=O)N/N=C\c1ccc(Cl)c(Cl)c1)c1n[nH]c(=O)c2ccccc12)c1ccccc1. The van der Waals surface area contributed by atoms with Gasteiger partial charge in [0.1, 0.15) is 5.69 Å². The predicted octanol–water partition coefficient (Wildman–Crippen LogP) is 3.85. The van der Waals surface area contributed by atoms with E-state index in [1.165, 1.54) is 6.21 Å². The van der Waals surface area contributed by atoms with E-state index in [0.717, 1.165) is 0 Å². The fourth-order valence-electron chi connectivity index (χ4n) is 3.25. The molecule has 1 heterocycles. The number of fused-ring (bicyclic) bond motifs is 1. The van der Waals surface area contributed by atoms with Crippen LogP contribution in [-0.4, -0.2) is 28.2 Å². The van der Waals surface area contributed by atoms with Crippen molar-refractivity contribution in [3.8, 4) is 0 Å². The van der Waals surface area contributed by atoms with Crippen molar-refractivity contribution < 1.29 is 9.59 Å². The van der Waals surface area contributed by atoms with Gasteiger partial charge in [-0.05, 0) is 35.9 Å². The average Bonchev–Trinajstić information content (AvgIpc) is 2.86. The van der Waals surface area contributed by atoms with Gasteiger partial charge in [0.2, 0.25) is 0 Å². The molecule has 0 saturated carbocycles. The van der Waals surface area contributed by atoms with Crippen molar-refractivity contribution in [2.75, 3.05) is 0 Å². The largest absolute Gasteiger partial charge is 0.335 e. The summed E-state index contributed by atoms with van der Waals surface area (Å²) in [5.74, 6) is -1.16. The van der Waals surface area contributed by atoms with Crippen LogP contribution in [0.25, 0.3) is 10.8 Å². The molecule has 0 bridgehead atoms. The normalized spacial score (nSPS) is 11.9. The summed E-state index contributed by atoms with van der Waals surface area (Å²) < 4.78 is 0. The molecule has 0 unspecified atom stereocenters. The third-order valence-corrected chi connectivity index (χ3v) is 5.64. The second-order valence-corrected chi connectivity index (χ2v) is 7.98. The first-order valence-electron chi connectivity index (χ1n) is 10.1. The number of amides is 2. The minimum absolute atomic E-state index is 0.168. The highest BCUT2D eigenvalue weighted by Crippen LogP contribution is 2.22. The predicted molar refractivity (Wildman–Crippen MR) is 131 cm³/mol. The molecule has 0 aliphatic rings. The number of hydrogen-bond donors (Lipinski definition) is 3. The zero-order chi connectivity index (χ0) is 24.1. The maximum absolute atomic E-state index is 13.1. The third kappa shape index (κ3) is 5.14. The molecule has 3 aromatic carbocycles. The van der Waals surface area contributed by atoms with Crippen molar-refractivity contribution in [1.29, 1.82) is 0 Å². The summed E-state index contributed by atoms with van der Waals surface area (Å²) in [4.78, 5) is 38.2. The van der Waals surface area contributed by atoms with Crippen LogP contribution in [0.15, 0.2) is 82.7 Å². The lowest BCUT2D eigenvalue weighted by Gasteiger charge is -2.18. The van der Waals surface area contributed by atoms with Gasteiger partial charge in [0.05, 0.1) is 21.6 Å². The molecule has 0 radical (unpaired) electrons. The number of halogens is 2. The average molecular weight is 494 g/mol. The zero-order valence-corrected chi connectivity index (χ0v) is 19.0. The smallest absolute Gasteiger partial charge is 0.272 e. The molecule has 0 aliphatic heterocycles. The molecule has 8 nitrogen and oxygen atoms in total. The molecular formula is C24H17Cl2N5O3. The van der Waals surface area contributed by atoms with E-state index in [9.17, 15) is 14.4 Å². The Bertz CT molecular complexity index is 1450. The number of aromatic amines is 1. The molecule has 1 aromatic heterocycles.